The Kier molecular flexibility index (Phi) is 6.17. The van der Waals surface area contributed by atoms with Gasteiger partial charge in [-0.2, -0.15) is 0 Å². The second-order valence-electron chi connectivity index (χ2n) is 3.51. The summed E-state index contributed by atoms with van der Waals surface area (Å²) in [4.78, 5) is 22.1. The van der Waals surface area contributed by atoms with Crippen molar-refractivity contribution in [1.82, 2.24) is 0 Å². The molecule has 0 spiro atoms. The van der Waals surface area contributed by atoms with Gasteiger partial charge in [-0.25, -0.2) is 0 Å². The zero-order chi connectivity index (χ0) is 11.0. The van der Waals surface area contributed by atoms with Gasteiger partial charge in [-0.05, 0) is 12.8 Å². The summed E-state index contributed by atoms with van der Waals surface area (Å²) in [5.41, 5.74) is -0.864. The molecule has 0 fully saturated rings. The van der Waals surface area contributed by atoms with Crippen LogP contribution in [0.2, 0.25) is 0 Å². The number of hydrogen-bond acceptors (Lipinski definition) is 3. The topological polar surface area (TPSA) is 43.4 Å². The monoisotopic (exact) mass is 200 g/mol. The first-order chi connectivity index (χ1) is 6.64. The second kappa shape index (κ2) is 6.57. The quantitative estimate of drug-likeness (QED) is 0.468. The lowest BCUT2D eigenvalue weighted by atomic mass is 9.94. The van der Waals surface area contributed by atoms with Crippen LogP contribution in [0.25, 0.3) is 0 Å². The zero-order valence-corrected chi connectivity index (χ0v) is 9.34. The Labute approximate surface area is 85.8 Å². The van der Waals surface area contributed by atoms with E-state index in [1.54, 1.807) is 6.92 Å². The lowest BCUT2D eigenvalue weighted by Crippen LogP contribution is -2.36. The Morgan fingerprint density at radius 1 is 1.21 bits per heavy atom. The third-order valence-corrected chi connectivity index (χ3v) is 2.17. The molecule has 3 nitrogen and oxygen atoms in total. The first-order valence-corrected chi connectivity index (χ1v) is 5.32. The van der Waals surface area contributed by atoms with E-state index in [4.69, 9.17) is 4.74 Å². The molecule has 0 saturated carbocycles. The van der Waals surface area contributed by atoms with Gasteiger partial charge >= 0.3 is 5.97 Å². The SMILES string of the molecule is CCCC(C=O)(CCC)OC(=O)CC. The lowest BCUT2D eigenvalue weighted by Gasteiger charge is -2.27. The highest BCUT2D eigenvalue weighted by Crippen LogP contribution is 2.22. The average Bonchev–Trinajstić information content (AvgIpc) is 2.18. The Bertz CT molecular complexity index is 181. The van der Waals surface area contributed by atoms with Gasteiger partial charge in [0.15, 0.2) is 11.9 Å². The molecule has 0 aliphatic carbocycles. The molecule has 0 aliphatic rings. The van der Waals surface area contributed by atoms with Crippen LogP contribution < -0.4 is 0 Å². The summed E-state index contributed by atoms with van der Waals surface area (Å²) < 4.78 is 5.21. The normalized spacial score (nSPS) is 11.1. The third kappa shape index (κ3) is 3.90. The lowest BCUT2D eigenvalue weighted by molar-refractivity contribution is -0.164. The number of rotatable bonds is 7. The van der Waals surface area contributed by atoms with Gasteiger partial charge < -0.3 is 4.74 Å². The van der Waals surface area contributed by atoms with Crippen molar-refractivity contribution in [1.29, 1.82) is 0 Å². The molecular weight excluding hydrogens is 180 g/mol. The minimum atomic E-state index is -0.864. The van der Waals surface area contributed by atoms with E-state index >= 15 is 0 Å². The third-order valence-electron chi connectivity index (χ3n) is 2.17. The highest BCUT2D eigenvalue weighted by atomic mass is 16.6. The number of carbonyl (C=O) groups is 2. The number of esters is 1. The standard InChI is InChI=1S/C11H20O3/c1-4-7-11(9-12,8-5-2)14-10(13)6-3/h9H,4-8H2,1-3H3. The van der Waals surface area contributed by atoms with Gasteiger partial charge in [0.25, 0.3) is 0 Å². The molecule has 14 heavy (non-hydrogen) atoms. The fraction of sp³-hybridized carbons (Fsp3) is 0.818. The van der Waals surface area contributed by atoms with Crippen LogP contribution in [0.5, 0.6) is 0 Å². The van der Waals surface area contributed by atoms with E-state index in [-0.39, 0.29) is 5.97 Å². The van der Waals surface area contributed by atoms with Crippen LogP contribution in [0, 0.1) is 0 Å². The van der Waals surface area contributed by atoms with Gasteiger partial charge in [0.2, 0.25) is 0 Å². The Hall–Kier alpha value is -0.860. The summed E-state index contributed by atoms with van der Waals surface area (Å²) >= 11 is 0. The predicted octanol–water partition coefficient (Wildman–Crippen LogP) is 2.48. The molecule has 0 radical (unpaired) electrons. The molecule has 82 valence electrons. The minimum absolute atomic E-state index is 0.293. The van der Waals surface area contributed by atoms with Crippen LogP contribution in [0.15, 0.2) is 0 Å². The Morgan fingerprint density at radius 3 is 2.00 bits per heavy atom. The van der Waals surface area contributed by atoms with Crippen LogP contribution in [0.1, 0.15) is 52.9 Å². The summed E-state index contributed by atoms with van der Waals surface area (Å²) in [7, 11) is 0. The van der Waals surface area contributed by atoms with Crippen molar-refractivity contribution in [3.63, 3.8) is 0 Å². The molecule has 0 amide bonds. The molecule has 0 aromatic rings. The molecular formula is C11H20O3. The van der Waals surface area contributed by atoms with Gasteiger partial charge in [0.1, 0.15) is 0 Å². The molecule has 0 aliphatic heterocycles. The van der Waals surface area contributed by atoms with E-state index < -0.39 is 5.60 Å². The van der Waals surface area contributed by atoms with Gasteiger partial charge in [0, 0.05) is 6.42 Å². The van der Waals surface area contributed by atoms with Crippen molar-refractivity contribution in [2.75, 3.05) is 0 Å². The van der Waals surface area contributed by atoms with E-state index in [0.29, 0.717) is 19.3 Å². The molecule has 0 aromatic heterocycles. The number of aldehydes is 1. The van der Waals surface area contributed by atoms with Gasteiger partial charge in [-0.3, -0.25) is 9.59 Å². The maximum atomic E-state index is 11.2. The molecule has 0 bridgehead atoms. The Morgan fingerprint density at radius 2 is 1.71 bits per heavy atom. The highest BCUT2D eigenvalue weighted by Gasteiger charge is 2.31. The van der Waals surface area contributed by atoms with Crippen molar-refractivity contribution in [3.05, 3.63) is 0 Å². The van der Waals surface area contributed by atoms with E-state index in [1.807, 2.05) is 13.8 Å². The van der Waals surface area contributed by atoms with Gasteiger partial charge in [-0.15, -0.1) is 0 Å². The smallest absolute Gasteiger partial charge is 0.306 e. The van der Waals surface area contributed by atoms with Crippen molar-refractivity contribution >= 4 is 12.3 Å². The van der Waals surface area contributed by atoms with Gasteiger partial charge in [0.05, 0.1) is 0 Å². The second-order valence-corrected chi connectivity index (χ2v) is 3.51. The van der Waals surface area contributed by atoms with E-state index in [1.165, 1.54) is 0 Å². The first-order valence-electron chi connectivity index (χ1n) is 5.32. The highest BCUT2D eigenvalue weighted by molar-refractivity contribution is 5.74. The van der Waals surface area contributed by atoms with Crippen LogP contribution in [-0.4, -0.2) is 17.9 Å². The summed E-state index contributed by atoms with van der Waals surface area (Å²) in [6.07, 6.45) is 4.04. The van der Waals surface area contributed by atoms with E-state index in [9.17, 15) is 9.59 Å². The molecule has 0 unspecified atom stereocenters. The molecule has 0 N–H and O–H groups in total. The summed E-state index contributed by atoms with van der Waals surface area (Å²) in [5, 5.41) is 0. The number of hydrogen-bond donors (Lipinski definition) is 0. The first kappa shape index (κ1) is 13.1. The molecule has 3 heteroatoms. The van der Waals surface area contributed by atoms with Crippen molar-refractivity contribution < 1.29 is 14.3 Å². The van der Waals surface area contributed by atoms with Crippen molar-refractivity contribution in [3.8, 4) is 0 Å². The summed E-state index contributed by atoms with van der Waals surface area (Å²) in [6.45, 7) is 5.69. The summed E-state index contributed by atoms with van der Waals surface area (Å²) in [6, 6.07) is 0. The summed E-state index contributed by atoms with van der Waals surface area (Å²) in [5.74, 6) is -0.293. The zero-order valence-electron chi connectivity index (χ0n) is 9.34. The van der Waals surface area contributed by atoms with Crippen molar-refractivity contribution in [2.45, 2.75) is 58.5 Å². The number of ether oxygens (including phenoxy) is 1. The van der Waals surface area contributed by atoms with E-state index in [2.05, 4.69) is 0 Å². The van der Waals surface area contributed by atoms with E-state index in [0.717, 1.165) is 19.1 Å². The number of carbonyl (C=O) groups excluding carboxylic acids is 2. The van der Waals surface area contributed by atoms with Crippen LogP contribution in [0.4, 0.5) is 0 Å². The Balaban J connectivity index is 4.47. The van der Waals surface area contributed by atoms with Crippen LogP contribution in [-0.2, 0) is 14.3 Å². The van der Waals surface area contributed by atoms with Crippen molar-refractivity contribution in [2.24, 2.45) is 0 Å². The molecule has 0 saturated heterocycles. The van der Waals surface area contributed by atoms with Crippen LogP contribution >= 0.6 is 0 Å². The van der Waals surface area contributed by atoms with Gasteiger partial charge in [-0.1, -0.05) is 33.6 Å². The van der Waals surface area contributed by atoms with Crippen LogP contribution in [0.3, 0.4) is 0 Å². The molecule has 0 heterocycles. The minimum Gasteiger partial charge on any atom is -0.451 e. The predicted molar refractivity (Wildman–Crippen MR) is 55.0 cm³/mol. The largest absolute Gasteiger partial charge is 0.451 e. The average molecular weight is 200 g/mol. The molecule has 0 rings (SSSR count). The molecule has 0 aromatic carbocycles. The fourth-order valence-electron chi connectivity index (χ4n) is 1.51. The molecule has 0 atom stereocenters. The fourth-order valence-corrected chi connectivity index (χ4v) is 1.51. The maximum absolute atomic E-state index is 11.2. The maximum Gasteiger partial charge on any atom is 0.306 e.